The van der Waals surface area contributed by atoms with Gasteiger partial charge in [0.2, 0.25) is 5.91 Å². The van der Waals surface area contributed by atoms with E-state index in [0.717, 1.165) is 27.7 Å². The summed E-state index contributed by atoms with van der Waals surface area (Å²) in [5, 5.41) is 43.6. The van der Waals surface area contributed by atoms with Crippen LogP contribution < -0.4 is 16.4 Å². The number of nitrogens with two attached hydrogens (primary N) is 1. The number of nitrogens with one attached hydrogen (secondary N) is 3. The summed E-state index contributed by atoms with van der Waals surface area (Å²) in [6, 6.07) is 13.0. The number of amides is 1. The Morgan fingerprint density at radius 2 is 1.80 bits per heavy atom. The smallest absolute Gasteiger partial charge is 0.326 e. The molecule has 1 heterocycles. The highest BCUT2D eigenvalue weighted by Gasteiger charge is 2.23. The number of aromatic nitrogens is 1. The molecule has 1 aromatic heterocycles. The standard InChI is InChI=1S/C30H38FN5O5/c1-18(2)36-25-8-4-3-6-23(25)28(19-9-11-20(31)12-10-19)26(36)14-13-21(37)16-22(38)17-27(39)35-24(29(40)41)7-5-15-34-30(32)33/h3-4,6,8-14,18,21-22,24,37-38H,5,7,15-17H2,1-2H3,(H,35,39)(H,40,41)(H4,32,33,34)/b14-13+/t21-,22-,24+/m0/s1. The van der Waals surface area contributed by atoms with Crippen molar-refractivity contribution in [1.29, 1.82) is 5.41 Å². The second-order valence-corrected chi connectivity index (χ2v) is 10.2. The van der Waals surface area contributed by atoms with E-state index in [-0.39, 0.29) is 43.6 Å². The van der Waals surface area contributed by atoms with E-state index in [0.29, 0.717) is 6.42 Å². The first-order valence-corrected chi connectivity index (χ1v) is 13.5. The van der Waals surface area contributed by atoms with Crippen LogP contribution in [0.15, 0.2) is 54.6 Å². The SMILES string of the molecule is CC(C)n1c(/C=C/[C@H](O)C[C@H](O)CC(=O)N[C@H](CCCNC(=N)N)C(=O)O)c(-c2ccc(F)cc2)c2ccccc21. The Kier molecular flexibility index (Phi) is 11.0. The Morgan fingerprint density at radius 3 is 2.44 bits per heavy atom. The molecule has 0 saturated carbocycles. The Hall–Kier alpha value is -4.22. The molecule has 0 saturated heterocycles. The van der Waals surface area contributed by atoms with E-state index in [4.69, 9.17) is 11.1 Å². The zero-order valence-electron chi connectivity index (χ0n) is 23.2. The molecule has 220 valence electrons. The minimum Gasteiger partial charge on any atom is -0.480 e. The van der Waals surface area contributed by atoms with E-state index in [1.807, 2.05) is 38.1 Å². The third-order valence-corrected chi connectivity index (χ3v) is 6.63. The fourth-order valence-electron chi connectivity index (χ4n) is 4.82. The van der Waals surface area contributed by atoms with Gasteiger partial charge in [-0.05, 0) is 56.5 Å². The lowest BCUT2D eigenvalue weighted by molar-refractivity contribution is -0.142. The van der Waals surface area contributed by atoms with Crippen LogP contribution in [0, 0.1) is 11.2 Å². The van der Waals surface area contributed by atoms with Gasteiger partial charge in [-0.2, -0.15) is 0 Å². The quantitative estimate of drug-likeness (QED) is 0.0888. The maximum atomic E-state index is 13.7. The van der Waals surface area contributed by atoms with Crippen LogP contribution in [0.25, 0.3) is 28.1 Å². The number of benzene rings is 2. The van der Waals surface area contributed by atoms with E-state index < -0.39 is 30.1 Å². The maximum Gasteiger partial charge on any atom is 0.326 e. The molecule has 1 amide bonds. The number of fused-ring (bicyclic) bond motifs is 1. The number of para-hydroxylation sites is 1. The molecule has 0 aliphatic heterocycles. The number of aliphatic hydroxyl groups excluding tert-OH is 2. The van der Waals surface area contributed by atoms with Crippen molar-refractivity contribution in [2.45, 2.75) is 63.8 Å². The average molecular weight is 568 g/mol. The van der Waals surface area contributed by atoms with Crippen LogP contribution in [0.1, 0.15) is 51.3 Å². The highest BCUT2D eigenvalue weighted by Crippen LogP contribution is 2.38. The molecule has 3 atom stereocenters. The number of carbonyl (C=O) groups is 2. The average Bonchev–Trinajstić information content (AvgIpc) is 3.23. The molecule has 0 aliphatic carbocycles. The van der Waals surface area contributed by atoms with Crippen molar-refractivity contribution in [3.63, 3.8) is 0 Å². The third kappa shape index (κ3) is 8.63. The first-order valence-electron chi connectivity index (χ1n) is 13.5. The summed E-state index contributed by atoms with van der Waals surface area (Å²) in [6.07, 6.45) is 0.959. The number of hydrogen-bond donors (Lipinski definition) is 7. The molecule has 3 aromatic rings. The molecule has 0 radical (unpaired) electrons. The molecular formula is C30H38FN5O5. The van der Waals surface area contributed by atoms with Crippen LogP contribution in [-0.4, -0.2) is 62.5 Å². The van der Waals surface area contributed by atoms with E-state index in [2.05, 4.69) is 15.2 Å². The Morgan fingerprint density at radius 1 is 1.12 bits per heavy atom. The van der Waals surface area contributed by atoms with E-state index in [9.17, 15) is 29.3 Å². The van der Waals surface area contributed by atoms with Crippen molar-refractivity contribution >= 4 is 34.8 Å². The molecule has 41 heavy (non-hydrogen) atoms. The zero-order chi connectivity index (χ0) is 30.1. The first kappa shape index (κ1) is 31.3. The Balaban J connectivity index is 1.72. The van der Waals surface area contributed by atoms with Crippen LogP contribution >= 0.6 is 0 Å². The van der Waals surface area contributed by atoms with Gasteiger partial charge >= 0.3 is 5.97 Å². The van der Waals surface area contributed by atoms with Gasteiger partial charge in [0.25, 0.3) is 0 Å². The third-order valence-electron chi connectivity index (χ3n) is 6.63. The predicted octanol–water partition coefficient (Wildman–Crippen LogP) is 3.38. The van der Waals surface area contributed by atoms with Gasteiger partial charge in [0.1, 0.15) is 11.9 Å². The van der Waals surface area contributed by atoms with Gasteiger partial charge in [-0.1, -0.05) is 36.4 Å². The Bertz CT molecular complexity index is 1390. The monoisotopic (exact) mass is 567 g/mol. The number of carboxylic acid groups (broad SMARTS) is 1. The first-order chi connectivity index (χ1) is 19.5. The number of carbonyl (C=O) groups excluding carboxylic acids is 1. The van der Waals surface area contributed by atoms with Crippen LogP contribution in [0.2, 0.25) is 0 Å². The van der Waals surface area contributed by atoms with Gasteiger partial charge in [-0.3, -0.25) is 10.2 Å². The molecule has 0 fully saturated rings. The zero-order valence-corrected chi connectivity index (χ0v) is 23.2. The van der Waals surface area contributed by atoms with E-state index >= 15 is 0 Å². The number of aliphatic carboxylic acids is 1. The van der Waals surface area contributed by atoms with Crippen LogP contribution in [0.5, 0.6) is 0 Å². The fraction of sp³-hybridized carbons (Fsp3) is 0.367. The predicted molar refractivity (Wildman–Crippen MR) is 157 cm³/mol. The number of hydrogen-bond acceptors (Lipinski definition) is 5. The molecule has 0 spiro atoms. The molecule has 11 heteroatoms. The molecule has 10 nitrogen and oxygen atoms in total. The van der Waals surface area contributed by atoms with Crippen LogP contribution in [0.4, 0.5) is 4.39 Å². The fourth-order valence-corrected chi connectivity index (χ4v) is 4.82. The summed E-state index contributed by atoms with van der Waals surface area (Å²) in [5.41, 5.74) is 8.69. The van der Waals surface area contributed by atoms with Crippen molar-refractivity contribution in [2.24, 2.45) is 5.73 Å². The van der Waals surface area contributed by atoms with E-state index in [1.165, 1.54) is 12.1 Å². The second-order valence-electron chi connectivity index (χ2n) is 10.2. The summed E-state index contributed by atoms with van der Waals surface area (Å²) in [6.45, 7) is 4.37. The lowest BCUT2D eigenvalue weighted by Gasteiger charge is -2.17. The largest absolute Gasteiger partial charge is 0.480 e. The molecule has 8 N–H and O–H groups in total. The van der Waals surface area contributed by atoms with Crippen LogP contribution in [-0.2, 0) is 9.59 Å². The number of halogens is 1. The van der Waals surface area contributed by atoms with E-state index in [1.54, 1.807) is 24.3 Å². The van der Waals surface area contributed by atoms with Crippen molar-refractivity contribution in [1.82, 2.24) is 15.2 Å². The minimum atomic E-state index is -1.21. The number of rotatable bonds is 14. The van der Waals surface area contributed by atoms with Gasteiger partial charge in [0.15, 0.2) is 5.96 Å². The highest BCUT2D eigenvalue weighted by atomic mass is 19.1. The van der Waals surface area contributed by atoms with Crippen molar-refractivity contribution < 1.29 is 29.3 Å². The molecule has 0 aliphatic rings. The van der Waals surface area contributed by atoms with Gasteiger partial charge in [-0.15, -0.1) is 0 Å². The Labute approximate surface area is 238 Å². The summed E-state index contributed by atoms with van der Waals surface area (Å²) < 4.78 is 15.8. The number of aliphatic hydroxyl groups is 2. The van der Waals surface area contributed by atoms with Gasteiger partial charge in [-0.25, -0.2) is 9.18 Å². The second kappa shape index (κ2) is 14.4. The number of carboxylic acids is 1. The number of guanidine groups is 1. The van der Waals surface area contributed by atoms with Gasteiger partial charge in [0.05, 0.1) is 18.6 Å². The summed E-state index contributed by atoms with van der Waals surface area (Å²) in [5.74, 6) is -2.43. The summed E-state index contributed by atoms with van der Waals surface area (Å²) in [4.78, 5) is 23.9. The minimum absolute atomic E-state index is 0.0700. The molecule has 2 aromatic carbocycles. The lowest BCUT2D eigenvalue weighted by atomic mass is 10.0. The van der Waals surface area contributed by atoms with Gasteiger partial charge < -0.3 is 36.3 Å². The highest BCUT2D eigenvalue weighted by molar-refractivity contribution is 6.01. The molecule has 0 unspecified atom stereocenters. The molecule has 3 rings (SSSR count). The lowest BCUT2D eigenvalue weighted by Crippen LogP contribution is -2.42. The normalized spacial score (nSPS) is 13.8. The van der Waals surface area contributed by atoms with Gasteiger partial charge in [0, 0.05) is 41.2 Å². The molecular weight excluding hydrogens is 529 g/mol. The summed E-state index contributed by atoms with van der Waals surface area (Å²) in [7, 11) is 0. The van der Waals surface area contributed by atoms with Crippen molar-refractivity contribution in [3.05, 3.63) is 66.1 Å². The number of nitrogens with zero attached hydrogens (tertiary/aromatic N) is 1. The molecule has 0 bridgehead atoms. The summed E-state index contributed by atoms with van der Waals surface area (Å²) >= 11 is 0. The van der Waals surface area contributed by atoms with Crippen LogP contribution in [0.3, 0.4) is 0 Å². The van der Waals surface area contributed by atoms with Crippen molar-refractivity contribution in [2.75, 3.05) is 6.54 Å². The van der Waals surface area contributed by atoms with Crippen molar-refractivity contribution in [3.8, 4) is 11.1 Å². The maximum absolute atomic E-state index is 13.7. The topological polar surface area (TPSA) is 174 Å².